The van der Waals surface area contributed by atoms with Crippen molar-refractivity contribution in [1.82, 2.24) is 25.1 Å². The van der Waals surface area contributed by atoms with Gasteiger partial charge in [-0.1, -0.05) is 16.4 Å². The number of thiophene rings is 1. The molecular weight excluding hydrogens is 326 g/mol. The molecule has 4 rings (SSSR count). The maximum Gasteiger partial charge on any atom is 0.268 e. The van der Waals surface area contributed by atoms with Crippen LogP contribution in [0.25, 0.3) is 10.8 Å². The van der Waals surface area contributed by atoms with E-state index in [9.17, 15) is 0 Å². The Morgan fingerprint density at radius 2 is 1.88 bits per heavy atom. The molecule has 0 spiro atoms. The van der Waals surface area contributed by atoms with E-state index in [0.29, 0.717) is 5.89 Å². The van der Waals surface area contributed by atoms with Gasteiger partial charge in [-0.25, -0.2) is 0 Å². The molecule has 0 atom stereocenters. The number of rotatable bonds is 5. The fraction of sp³-hybridized carbons (Fsp3) is 0.438. The summed E-state index contributed by atoms with van der Waals surface area (Å²) >= 11 is 1.61. The predicted octanol–water partition coefficient (Wildman–Crippen LogP) is 2.41. The van der Waals surface area contributed by atoms with E-state index >= 15 is 0 Å². The molecule has 0 N–H and O–H groups in total. The van der Waals surface area contributed by atoms with Crippen LogP contribution in [0.5, 0.6) is 0 Å². The third-order valence-corrected chi connectivity index (χ3v) is 4.95. The fourth-order valence-electron chi connectivity index (χ4n) is 2.85. The molecule has 126 valence electrons. The molecule has 3 aromatic rings. The normalized spacial score (nSPS) is 16.7. The molecule has 1 aliphatic rings. The average Bonchev–Trinajstić information content (AvgIpc) is 3.31. The summed E-state index contributed by atoms with van der Waals surface area (Å²) in [4.78, 5) is 10.3. The molecule has 0 bridgehead atoms. The van der Waals surface area contributed by atoms with Crippen molar-refractivity contribution >= 4 is 11.3 Å². The molecule has 3 aromatic heterocycles. The van der Waals surface area contributed by atoms with E-state index in [4.69, 9.17) is 9.05 Å². The largest absolute Gasteiger partial charge is 0.361 e. The third-order valence-electron chi connectivity index (χ3n) is 4.09. The smallest absolute Gasteiger partial charge is 0.268 e. The van der Waals surface area contributed by atoms with Gasteiger partial charge in [-0.05, 0) is 18.4 Å². The van der Waals surface area contributed by atoms with Gasteiger partial charge in [-0.2, -0.15) is 4.98 Å². The van der Waals surface area contributed by atoms with Gasteiger partial charge in [-0.3, -0.25) is 9.80 Å². The van der Waals surface area contributed by atoms with Gasteiger partial charge in [-0.15, -0.1) is 11.3 Å². The van der Waals surface area contributed by atoms with Crippen LogP contribution >= 0.6 is 11.3 Å². The van der Waals surface area contributed by atoms with Crippen LogP contribution in [-0.4, -0.2) is 51.3 Å². The summed E-state index contributed by atoms with van der Waals surface area (Å²) in [6.07, 6.45) is 0. The van der Waals surface area contributed by atoms with E-state index in [2.05, 4.69) is 25.1 Å². The molecule has 1 aliphatic heterocycles. The van der Waals surface area contributed by atoms with Gasteiger partial charge in [0.15, 0.2) is 5.82 Å². The predicted molar refractivity (Wildman–Crippen MR) is 89.4 cm³/mol. The van der Waals surface area contributed by atoms with Crippen molar-refractivity contribution in [2.45, 2.75) is 20.0 Å². The SMILES string of the molecule is Cc1cc(CN2CCN(Cc3noc(-c4cccs4)n3)CC2)no1. The molecule has 0 aliphatic carbocycles. The third kappa shape index (κ3) is 3.55. The van der Waals surface area contributed by atoms with Gasteiger partial charge in [0.2, 0.25) is 0 Å². The van der Waals surface area contributed by atoms with Crippen LogP contribution < -0.4 is 0 Å². The summed E-state index contributed by atoms with van der Waals surface area (Å²) in [7, 11) is 0. The lowest BCUT2D eigenvalue weighted by molar-refractivity contribution is 0.117. The monoisotopic (exact) mass is 345 g/mol. The lowest BCUT2D eigenvalue weighted by atomic mass is 10.2. The van der Waals surface area contributed by atoms with E-state index in [-0.39, 0.29) is 0 Å². The van der Waals surface area contributed by atoms with Crippen LogP contribution in [0.3, 0.4) is 0 Å². The minimum Gasteiger partial charge on any atom is -0.361 e. The van der Waals surface area contributed by atoms with Gasteiger partial charge in [0, 0.05) is 38.8 Å². The molecule has 0 aromatic carbocycles. The first-order valence-corrected chi connectivity index (χ1v) is 8.87. The van der Waals surface area contributed by atoms with Crippen molar-refractivity contribution in [2.24, 2.45) is 0 Å². The zero-order valence-corrected chi connectivity index (χ0v) is 14.3. The molecule has 1 saturated heterocycles. The Bertz CT molecular complexity index is 774. The lowest BCUT2D eigenvalue weighted by Crippen LogP contribution is -2.45. The highest BCUT2D eigenvalue weighted by Gasteiger charge is 2.20. The van der Waals surface area contributed by atoms with Gasteiger partial charge >= 0.3 is 0 Å². The number of hydrogen-bond acceptors (Lipinski definition) is 8. The first-order chi connectivity index (χ1) is 11.8. The van der Waals surface area contributed by atoms with Crippen molar-refractivity contribution in [3.8, 4) is 10.8 Å². The molecule has 7 nitrogen and oxygen atoms in total. The van der Waals surface area contributed by atoms with Crippen molar-refractivity contribution in [3.05, 3.63) is 40.9 Å². The Hall–Kier alpha value is -2.03. The lowest BCUT2D eigenvalue weighted by Gasteiger charge is -2.33. The molecular formula is C16H19N5O2S. The quantitative estimate of drug-likeness (QED) is 0.703. The van der Waals surface area contributed by atoms with Crippen molar-refractivity contribution < 1.29 is 9.05 Å². The molecule has 0 saturated carbocycles. The second kappa shape index (κ2) is 6.84. The first kappa shape index (κ1) is 15.5. The topological polar surface area (TPSA) is 71.4 Å². The molecule has 24 heavy (non-hydrogen) atoms. The second-order valence-corrected chi connectivity index (χ2v) is 6.92. The highest BCUT2D eigenvalue weighted by atomic mass is 32.1. The van der Waals surface area contributed by atoms with E-state index < -0.39 is 0 Å². The Balaban J connectivity index is 1.29. The summed E-state index contributed by atoms with van der Waals surface area (Å²) in [6.45, 7) is 7.47. The minimum atomic E-state index is 0.611. The van der Waals surface area contributed by atoms with Crippen LogP contribution in [0, 0.1) is 6.92 Å². The highest BCUT2D eigenvalue weighted by molar-refractivity contribution is 7.13. The summed E-state index contributed by atoms with van der Waals surface area (Å²) < 4.78 is 10.5. The number of piperazine rings is 1. The van der Waals surface area contributed by atoms with E-state index in [1.807, 2.05) is 30.5 Å². The van der Waals surface area contributed by atoms with E-state index in [0.717, 1.165) is 61.4 Å². The molecule has 0 amide bonds. The average molecular weight is 345 g/mol. The zero-order chi connectivity index (χ0) is 16.4. The van der Waals surface area contributed by atoms with E-state index in [1.54, 1.807) is 11.3 Å². The summed E-state index contributed by atoms with van der Waals surface area (Å²) in [5.74, 6) is 2.22. The van der Waals surface area contributed by atoms with Crippen molar-refractivity contribution in [3.63, 3.8) is 0 Å². The van der Waals surface area contributed by atoms with Crippen LogP contribution in [0.2, 0.25) is 0 Å². The van der Waals surface area contributed by atoms with Gasteiger partial charge < -0.3 is 9.05 Å². The summed E-state index contributed by atoms with van der Waals surface area (Å²) in [5.41, 5.74) is 1.000. The van der Waals surface area contributed by atoms with Gasteiger partial charge in [0.1, 0.15) is 5.76 Å². The minimum absolute atomic E-state index is 0.611. The number of nitrogens with zero attached hydrogens (tertiary/aromatic N) is 5. The molecule has 0 unspecified atom stereocenters. The Kier molecular flexibility index (Phi) is 4.42. The molecule has 1 fully saturated rings. The van der Waals surface area contributed by atoms with Crippen molar-refractivity contribution in [1.29, 1.82) is 0 Å². The molecule has 0 radical (unpaired) electrons. The second-order valence-electron chi connectivity index (χ2n) is 5.97. The van der Waals surface area contributed by atoms with Crippen LogP contribution in [0.15, 0.2) is 32.6 Å². The van der Waals surface area contributed by atoms with Crippen LogP contribution in [-0.2, 0) is 13.1 Å². The van der Waals surface area contributed by atoms with Crippen LogP contribution in [0.4, 0.5) is 0 Å². The zero-order valence-electron chi connectivity index (χ0n) is 13.5. The van der Waals surface area contributed by atoms with Crippen LogP contribution in [0.1, 0.15) is 17.3 Å². The maximum absolute atomic E-state index is 5.35. The Morgan fingerprint density at radius 1 is 1.08 bits per heavy atom. The summed E-state index contributed by atoms with van der Waals surface area (Å²) in [5, 5.41) is 10.2. The fourth-order valence-corrected chi connectivity index (χ4v) is 3.49. The van der Waals surface area contributed by atoms with E-state index in [1.165, 1.54) is 0 Å². The summed E-state index contributed by atoms with van der Waals surface area (Å²) in [6, 6.07) is 5.98. The molecule has 4 heterocycles. The van der Waals surface area contributed by atoms with Crippen molar-refractivity contribution in [2.75, 3.05) is 26.2 Å². The standard InChI is InChI=1S/C16H19N5O2S/c1-12-9-13(18-22-12)10-20-4-6-21(7-5-20)11-15-17-16(23-19-15)14-3-2-8-24-14/h2-3,8-9H,4-7,10-11H2,1H3. The first-order valence-electron chi connectivity index (χ1n) is 7.99. The number of aromatic nitrogens is 3. The number of aryl methyl sites for hydroxylation is 1. The highest BCUT2D eigenvalue weighted by Crippen LogP contribution is 2.22. The number of hydrogen-bond donors (Lipinski definition) is 0. The Morgan fingerprint density at radius 3 is 2.54 bits per heavy atom. The molecule has 8 heteroatoms. The maximum atomic E-state index is 5.35. The van der Waals surface area contributed by atoms with Gasteiger partial charge in [0.05, 0.1) is 17.1 Å². The Labute approximate surface area is 143 Å². The van der Waals surface area contributed by atoms with Gasteiger partial charge in [0.25, 0.3) is 5.89 Å².